The number of nitrogens with zero attached hydrogens (tertiary/aromatic N) is 3. The molecule has 2 aromatic heterocycles. The molecule has 8 heteroatoms. The van der Waals surface area contributed by atoms with Crippen LogP contribution in [0.1, 0.15) is 44.6 Å². The Labute approximate surface area is 170 Å². The van der Waals surface area contributed by atoms with Crippen LogP contribution in [0.15, 0.2) is 24.7 Å². The minimum Gasteiger partial charge on any atom is -0.365 e. The molecule has 1 saturated carbocycles. The second kappa shape index (κ2) is 7.74. The predicted octanol–water partition coefficient (Wildman–Crippen LogP) is 2.74. The topological polar surface area (TPSA) is 85.9 Å². The summed E-state index contributed by atoms with van der Waals surface area (Å²) in [5.74, 6) is 0.622. The highest BCUT2D eigenvalue weighted by molar-refractivity contribution is 5.91. The van der Waals surface area contributed by atoms with Gasteiger partial charge in [0.25, 0.3) is 0 Å². The minimum absolute atomic E-state index is 0.0283. The second-order valence-corrected chi connectivity index (χ2v) is 8.44. The molecule has 2 aromatic rings. The van der Waals surface area contributed by atoms with Gasteiger partial charge in [-0.05, 0) is 45.7 Å². The maximum absolute atomic E-state index is 14.3. The maximum atomic E-state index is 14.3. The number of carbonyl (C=O) groups is 1. The van der Waals surface area contributed by atoms with E-state index in [2.05, 4.69) is 32.5 Å². The van der Waals surface area contributed by atoms with Crippen molar-refractivity contribution in [1.29, 1.82) is 0 Å². The maximum Gasteiger partial charge on any atom is 0.246 e. The molecule has 1 unspecified atom stereocenters. The lowest BCUT2D eigenvalue weighted by Gasteiger charge is -2.38. The van der Waals surface area contributed by atoms with Crippen molar-refractivity contribution in [1.82, 2.24) is 25.2 Å². The molecule has 0 aromatic carbocycles. The number of hydrogen-bond acceptors (Lipinski definition) is 5. The number of alkyl halides is 1. The van der Waals surface area contributed by atoms with Crippen molar-refractivity contribution in [3.63, 3.8) is 0 Å². The molecule has 7 nitrogen and oxygen atoms in total. The highest BCUT2D eigenvalue weighted by atomic mass is 19.1. The standard InChI is InChI=1S/C21H29FN6O/c1-13-6-7-14(11-28(13)17(29)5-4-8-23-3)27-20-18-15(16-9-21(16,2)22)10-24-19(18)25-12-26-20/h4-5,10,12-14,16,23H,6-9,11H2,1-3H3,(H2,24,25,26,27)/b5-4+/t13-,14+,16-,21?/m0/s1. The Balaban J connectivity index is 1.52. The van der Waals surface area contributed by atoms with Crippen LogP contribution in [0.2, 0.25) is 0 Å². The smallest absolute Gasteiger partial charge is 0.246 e. The van der Waals surface area contributed by atoms with Crippen LogP contribution in [0, 0.1) is 0 Å². The van der Waals surface area contributed by atoms with Crippen LogP contribution in [0.3, 0.4) is 0 Å². The summed E-state index contributed by atoms with van der Waals surface area (Å²) in [5, 5.41) is 7.38. The van der Waals surface area contributed by atoms with Crippen LogP contribution in [0.5, 0.6) is 0 Å². The van der Waals surface area contributed by atoms with Gasteiger partial charge in [0.15, 0.2) is 0 Å². The van der Waals surface area contributed by atoms with Gasteiger partial charge >= 0.3 is 0 Å². The number of anilines is 1. The molecule has 0 radical (unpaired) electrons. The van der Waals surface area contributed by atoms with Crippen molar-refractivity contribution in [3.05, 3.63) is 30.2 Å². The number of aromatic nitrogens is 3. The van der Waals surface area contributed by atoms with Gasteiger partial charge < -0.3 is 20.5 Å². The fourth-order valence-corrected chi connectivity index (χ4v) is 4.24. The van der Waals surface area contributed by atoms with Crippen LogP contribution >= 0.6 is 0 Å². The highest BCUT2D eigenvalue weighted by Gasteiger charge is 2.53. The minimum atomic E-state index is -1.16. The Hall–Kier alpha value is -2.48. The van der Waals surface area contributed by atoms with Crippen molar-refractivity contribution >= 4 is 22.8 Å². The lowest BCUT2D eigenvalue weighted by Crippen LogP contribution is -2.49. The van der Waals surface area contributed by atoms with E-state index in [4.69, 9.17) is 0 Å². The van der Waals surface area contributed by atoms with Crippen molar-refractivity contribution < 1.29 is 9.18 Å². The van der Waals surface area contributed by atoms with E-state index in [1.54, 1.807) is 13.0 Å². The number of halogens is 1. The summed E-state index contributed by atoms with van der Waals surface area (Å²) in [5.41, 5.74) is 0.485. The van der Waals surface area contributed by atoms with Crippen LogP contribution in [-0.2, 0) is 4.79 Å². The molecule has 0 bridgehead atoms. The number of amides is 1. The molecule has 1 amide bonds. The molecule has 1 saturated heterocycles. The molecule has 0 spiro atoms. The molecule has 29 heavy (non-hydrogen) atoms. The average Bonchev–Trinajstić information content (AvgIpc) is 3.12. The number of piperidine rings is 1. The summed E-state index contributed by atoms with van der Waals surface area (Å²) in [6.07, 6.45) is 9.24. The Morgan fingerprint density at radius 2 is 2.24 bits per heavy atom. The molecule has 3 N–H and O–H groups in total. The number of rotatable bonds is 6. The lowest BCUT2D eigenvalue weighted by molar-refractivity contribution is -0.129. The first-order valence-corrected chi connectivity index (χ1v) is 10.3. The van der Waals surface area contributed by atoms with Gasteiger partial charge in [-0.15, -0.1) is 0 Å². The summed E-state index contributed by atoms with van der Waals surface area (Å²) in [6, 6.07) is 0.288. The first-order valence-electron chi connectivity index (χ1n) is 10.3. The number of nitrogens with one attached hydrogen (secondary N) is 3. The first-order chi connectivity index (χ1) is 13.9. The van der Waals surface area contributed by atoms with Gasteiger partial charge in [0.05, 0.1) is 5.39 Å². The van der Waals surface area contributed by atoms with Crippen LogP contribution < -0.4 is 10.6 Å². The van der Waals surface area contributed by atoms with Crippen molar-refractivity contribution in [2.75, 3.05) is 25.5 Å². The van der Waals surface area contributed by atoms with Crippen molar-refractivity contribution in [2.45, 2.75) is 56.8 Å². The number of likely N-dealkylation sites (tertiary alicyclic amines) is 1. The summed E-state index contributed by atoms with van der Waals surface area (Å²) in [6.45, 7) is 5.00. The zero-order valence-electron chi connectivity index (χ0n) is 17.2. The quantitative estimate of drug-likeness (QED) is 0.649. The Morgan fingerprint density at radius 1 is 1.45 bits per heavy atom. The van der Waals surface area contributed by atoms with Crippen molar-refractivity contribution in [2.24, 2.45) is 0 Å². The van der Waals surface area contributed by atoms with E-state index >= 15 is 0 Å². The Bertz CT molecular complexity index is 923. The largest absolute Gasteiger partial charge is 0.365 e. The third kappa shape index (κ3) is 3.99. The zero-order valence-corrected chi connectivity index (χ0v) is 17.2. The predicted molar refractivity (Wildman–Crippen MR) is 112 cm³/mol. The van der Waals surface area contributed by atoms with E-state index in [-0.39, 0.29) is 23.9 Å². The summed E-state index contributed by atoms with van der Waals surface area (Å²) in [7, 11) is 1.85. The number of likely N-dealkylation sites (N-methyl/N-ethyl adjacent to an activating group) is 1. The molecule has 156 valence electrons. The first kappa shape index (κ1) is 19.8. The molecule has 1 aliphatic heterocycles. The number of H-pyrrole nitrogens is 1. The summed E-state index contributed by atoms with van der Waals surface area (Å²) in [4.78, 5) is 26.4. The number of fused-ring (bicyclic) bond motifs is 1. The zero-order chi connectivity index (χ0) is 20.6. The molecule has 4 rings (SSSR count). The van der Waals surface area contributed by atoms with E-state index < -0.39 is 5.67 Å². The molecule has 1 aliphatic carbocycles. The van der Waals surface area contributed by atoms with E-state index in [9.17, 15) is 9.18 Å². The second-order valence-electron chi connectivity index (χ2n) is 8.44. The fourth-order valence-electron chi connectivity index (χ4n) is 4.24. The molecule has 2 fully saturated rings. The summed E-state index contributed by atoms with van der Waals surface area (Å²) < 4.78 is 14.3. The van der Waals surface area contributed by atoms with E-state index in [1.165, 1.54) is 6.33 Å². The fraction of sp³-hybridized carbons (Fsp3) is 0.571. The van der Waals surface area contributed by atoms with Crippen LogP contribution in [-0.4, -0.2) is 63.6 Å². The van der Waals surface area contributed by atoms with E-state index in [0.29, 0.717) is 31.0 Å². The number of hydrogen-bond donors (Lipinski definition) is 3. The third-order valence-electron chi connectivity index (χ3n) is 6.13. The molecular formula is C21H29FN6O. The average molecular weight is 401 g/mol. The van der Waals surface area contributed by atoms with Gasteiger partial charge in [-0.25, -0.2) is 14.4 Å². The normalized spacial score (nSPS) is 29.5. The van der Waals surface area contributed by atoms with Gasteiger partial charge in [-0.2, -0.15) is 0 Å². The van der Waals surface area contributed by atoms with E-state index in [1.807, 2.05) is 24.2 Å². The summed E-state index contributed by atoms with van der Waals surface area (Å²) >= 11 is 0. The van der Waals surface area contributed by atoms with Gasteiger partial charge in [0.1, 0.15) is 23.5 Å². The molecule has 4 atom stereocenters. The Morgan fingerprint density at radius 3 is 2.97 bits per heavy atom. The number of aromatic amines is 1. The van der Waals surface area contributed by atoms with Gasteiger partial charge in [-0.3, -0.25) is 4.79 Å². The molecule has 3 heterocycles. The third-order valence-corrected chi connectivity index (χ3v) is 6.13. The lowest BCUT2D eigenvalue weighted by atomic mass is 9.98. The van der Waals surface area contributed by atoms with E-state index in [0.717, 1.165) is 23.8 Å². The van der Waals surface area contributed by atoms with Crippen molar-refractivity contribution in [3.8, 4) is 0 Å². The Kier molecular flexibility index (Phi) is 5.29. The van der Waals surface area contributed by atoms with Crippen LogP contribution in [0.4, 0.5) is 10.2 Å². The van der Waals surface area contributed by atoms with Gasteiger partial charge in [0.2, 0.25) is 5.91 Å². The SMILES string of the molecule is CNC/C=C/C(=O)N1C[C@H](Nc2ncnc3[nH]cc([C@@H]4CC4(C)F)c23)CC[C@@H]1C. The van der Waals surface area contributed by atoms with Gasteiger partial charge in [-0.1, -0.05) is 6.08 Å². The van der Waals surface area contributed by atoms with Crippen LogP contribution in [0.25, 0.3) is 11.0 Å². The monoisotopic (exact) mass is 400 g/mol. The van der Waals surface area contributed by atoms with Gasteiger partial charge in [0, 0.05) is 43.4 Å². The highest BCUT2D eigenvalue weighted by Crippen LogP contribution is 2.56. The molecule has 2 aliphatic rings. The molecular weight excluding hydrogens is 371 g/mol. The number of carbonyl (C=O) groups excluding carboxylic acids is 1.